The van der Waals surface area contributed by atoms with Crippen molar-refractivity contribution in [1.29, 1.82) is 0 Å². The topological polar surface area (TPSA) is 63.8 Å². The summed E-state index contributed by atoms with van der Waals surface area (Å²) in [6, 6.07) is 0.0755. The lowest BCUT2D eigenvalue weighted by atomic mass is 9.91. The first-order valence-corrected chi connectivity index (χ1v) is 5.32. The summed E-state index contributed by atoms with van der Waals surface area (Å²) in [7, 11) is 0. The van der Waals surface area contributed by atoms with Crippen molar-refractivity contribution in [3.63, 3.8) is 0 Å². The summed E-state index contributed by atoms with van der Waals surface area (Å²) in [5.41, 5.74) is 5.23. The van der Waals surface area contributed by atoms with Crippen LogP contribution in [0.15, 0.2) is 30.4 Å². The number of nitrogens with one attached hydrogen (secondary N) is 1. The summed E-state index contributed by atoms with van der Waals surface area (Å²) in [6.45, 7) is 0. The quantitative estimate of drug-likeness (QED) is 0.445. The predicted octanol–water partition coefficient (Wildman–Crippen LogP) is 1.48. The molecule has 0 aromatic carbocycles. The Hall–Kier alpha value is -1.26. The Labute approximate surface area is 89.6 Å². The molecule has 1 aliphatic carbocycles. The fourth-order valence-corrected chi connectivity index (χ4v) is 2.00. The van der Waals surface area contributed by atoms with Gasteiger partial charge in [0.25, 0.3) is 0 Å². The minimum absolute atomic E-state index is 0.0755. The molecule has 1 aliphatic rings. The maximum atomic E-state index is 5.59. The lowest BCUT2D eigenvalue weighted by Gasteiger charge is -2.22. The summed E-state index contributed by atoms with van der Waals surface area (Å²) in [4.78, 5) is 8.03. The second-order valence-electron chi connectivity index (χ2n) is 3.80. The molecule has 4 nitrogen and oxygen atoms in total. The first-order chi connectivity index (χ1) is 7.42. The maximum absolute atomic E-state index is 5.59. The van der Waals surface area contributed by atoms with Crippen molar-refractivity contribution in [2.45, 2.75) is 31.7 Å². The van der Waals surface area contributed by atoms with Gasteiger partial charge in [-0.25, -0.2) is 15.4 Å². The SMILES string of the molecule is NNC(C1=CCCCC1)c1cncnc1. The van der Waals surface area contributed by atoms with Gasteiger partial charge in [-0.1, -0.05) is 11.6 Å². The van der Waals surface area contributed by atoms with Gasteiger partial charge in [0.2, 0.25) is 0 Å². The van der Waals surface area contributed by atoms with Gasteiger partial charge in [-0.2, -0.15) is 0 Å². The monoisotopic (exact) mass is 204 g/mol. The Morgan fingerprint density at radius 1 is 1.27 bits per heavy atom. The fourth-order valence-electron chi connectivity index (χ4n) is 2.00. The highest BCUT2D eigenvalue weighted by atomic mass is 15.2. The van der Waals surface area contributed by atoms with Gasteiger partial charge in [0.1, 0.15) is 6.33 Å². The number of hydrazine groups is 1. The number of aromatic nitrogens is 2. The van der Waals surface area contributed by atoms with Gasteiger partial charge in [-0.15, -0.1) is 0 Å². The van der Waals surface area contributed by atoms with Gasteiger partial charge in [0.15, 0.2) is 0 Å². The molecule has 1 aromatic rings. The van der Waals surface area contributed by atoms with E-state index in [0.717, 1.165) is 18.4 Å². The molecule has 1 heterocycles. The third-order valence-electron chi connectivity index (χ3n) is 2.78. The summed E-state index contributed by atoms with van der Waals surface area (Å²) in [5, 5.41) is 0. The second kappa shape index (κ2) is 5.00. The van der Waals surface area contributed by atoms with Crippen LogP contribution in [0.4, 0.5) is 0 Å². The van der Waals surface area contributed by atoms with E-state index in [4.69, 9.17) is 5.84 Å². The number of rotatable bonds is 3. The Balaban J connectivity index is 2.20. The van der Waals surface area contributed by atoms with Gasteiger partial charge in [0.05, 0.1) is 6.04 Å². The molecule has 0 radical (unpaired) electrons. The molecule has 0 saturated heterocycles. The molecule has 4 heteroatoms. The number of hydrogen-bond acceptors (Lipinski definition) is 4. The van der Waals surface area contributed by atoms with Gasteiger partial charge in [0, 0.05) is 18.0 Å². The molecule has 0 aliphatic heterocycles. The number of nitrogens with two attached hydrogens (primary N) is 1. The summed E-state index contributed by atoms with van der Waals surface area (Å²) < 4.78 is 0. The van der Waals surface area contributed by atoms with Crippen LogP contribution in [0, 0.1) is 0 Å². The van der Waals surface area contributed by atoms with Crippen molar-refractivity contribution in [2.75, 3.05) is 0 Å². The molecule has 1 unspecified atom stereocenters. The Kier molecular flexibility index (Phi) is 3.42. The van der Waals surface area contributed by atoms with Gasteiger partial charge in [-0.05, 0) is 25.7 Å². The van der Waals surface area contributed by atoms with Gasteiger partial charge < -0.3 is 0 Å². The average molecular weight is 204 g/mol. The van der Waals surface area contributed by atoms with E-state index < -0.39 is 0 Å². The molecule has 0 saturated carbocycles. The number of hydrogen-bond donors (Lipinski definition) is 2. The normalized spacial score (nSPS) is 18.3. The highest BCUT2D eigenvalue weighted by Crippen LogP contribution is 2.28. The van der Waals surface area contributed by atoms with Crippen LogP contribution >= 0.6 is 0 Å². The molecule has 0 spiro atoms. The summed E-state index contributed by atoms with van der Waals surface area (Å²) in [6.07, 6.45) is 12.2. The summed E-state index contributed by atoms with van der Waals surface area (Å²) in [5.74, 6) is 5.59. The van der Waals surface area contributed by atoms with Crippen molar-refractivity contribution in [2.24, 2.45) is 5.84 Å². The molecule has 0 bridgehead atoms. The van der Waals surface area contributed by atoms with E-state index in [9.17, 15) is 0 Å². The first kappa shape index (κ1) is 10.3. The Morgan fingerprint density at radius 2 is 2.07 bits per heavy atom. The molecule has 2 rings (SSSR count). The van der Waals surface area contributed by atoms with Crippen molar-refractivity contribution < 1.29 is 0 Å². The van der Waals surface area contributed by atoms with Crippen molar-refractivity contribution in [3.8, 4) is 0 Å². The molecular formula is C11H16N4. The van der Waals surface area contributed by atoms with E-state index in [1.807, 2.05) is 12.4 Å². The third kappa shape index (κ3) is 2.40. The molecule has 3 N–H and O–H groups in total. The van der Waals surface area contributed by atoms with Crippen LogP contribution in [0.25, 0.3) is 0 Å². The van der Waals surface area contributed by atoms with E-state index >= 15 is 0 Å². The van der Waals surface area contributed by atoms with Gasteiger partial charge in [-0.3, -0.25) is 5.84 Å². The lowest BCUT2D eigenvalue weighted by Crippen LogP contribution is -2.30. The van der Waals surface area contributed by atoms with E-state index in [1.54, 1.807) is 0 Å². The Morgan fingerprint density at radius 3 is 2.67 bits per heavy atom. The minimum Gasteiger partial charge on any atom is -0.271 e. The molecule has 15 heavy (non-hydrogen) atoms. The predicted molar refractivity (Wildman–Crippen MR) is 58.6 cm³/mol. The van der Waals surface area contributed by atoms with Crippen LogP contribution < -0.4 is 11.3 Å². The zero-order valence-electron chi connectivity index (χ0n) is 8.69. The zero-order chi connectivity index (χ0) is 10.5. The molecule has 80 valence electrons. The Bertz CT molecular complexity index is 334. The van der Waals surface area contributed by atoms with Crippen LogP contribution in [0.2, 0.25) is 0 Å². The van der Waals surface area contributed by atoms with Crippen LogP contribution in [0.3, 0.4) is 0 Å². The van der Waals surface area contributed by atoms with Gasteiger partial charge >= 0.3 is 0 Å². The first-order valence-electron chi connectivity index (χ1n) is 5.32. The number of nitrogens with zero attached hydrogens (tertiary/aromatic N) is 2. The van der Waals surface area contributed by atoms with Crippen molar-refractivity contribution in [1.82, 2.24) is 15.4 Å². The van der Waals surface area contributed by atoms with E-state index in [0.29, 0.717) is 0 Å². The third-order valence-corrected chi connectivity index (χ3v) is 2.78. The fraction of sp³-hybridized carbons (Fsp3) is 0.455. The molecule has 0 fully saturated rings. The highest BCUT2D eigenvalue weighted by molar-refractivity contribution is 5.24. The molecule has 0 amide bonds. The average Bonchev–Trinajstić information content (AvgIpc) is 2.33. The number of allylic oxidation sites excluding steroid dienone is 1. The molecule has 1 atom stereocenters. The van der Waals surface area contributed by atoms with Crippen LogP contribution in [-0.4, -0.2) is 9.97 Å². The van der Waals surface area contributed by atoms with E-state index in [2.05, 4.69) is 21.5 Å². The highest BCUT2D eigenvalue weighted by Gasteiger charge is 2.16. The van der Waals surface area contributed by atoms with Crippen molar-refractivity contribution >= 4 is 0 Å². The smallest absolute Gasteiger partial charge is 0.115 e. The van der Waals surface area contributed by atoms with E-state index in [-0.39, 0.29) is 6.04 Å². The van der Waals surface area contributed by atoms with Crippen LogP contribution in [0.5, 0.6) is 0 Å². The van der Waals surface area contributed by atoms with Crippen molar-refractivity contribution in [3.05, 3.63) is 35.9 Å². The largest absolute Gasteiger partial charge is 0.271 e. The van der Waals surface area contributed by atoms with Crippen LogP contribution in [0.1, 0.15) is 37.3 Å². The lowest BCUT2D eigenvalue weighted by molar-refractivity contribution is 0.563. The second-order valence-corrected chi connectivity index (χ2v) is 3.80. The summed E-state index contributed by atoms with van der Waals surface area (Å²) >= 11 is 0. The zero-order valence-corrected chi connectivity index (χ0v) is 8.69. The van der Waals surface area contributed by atoms with Crippen LogP contribution in [-0.2, 0) is 0 Å². The maximum Gasteiger partial charge on any atom is 0.115 e. The minimum atomic E-state index is 0.0755. The van der Waals surface area contributed by atoms with E-state index in [1.165, 1.54) is 24.7 Å². The molecular weight excluding hydrogens is 188 g/mol. The standard InChI is InChI=1S/C11H16N4/c12-15-11(9-4-2-1-3-5-9)10-6-13-8-14-7-10/h4,6-8,11,15H,1-3,5,12H2. The molecule has 1 aromatic heterocycles.